The van der Waals surface area contributed by atoms with Crippen LogP contribution in [0.15, 0.2) is 35.3 Å². The Morgan fingerprint density at radius 2 is 1.70 bits per heavy atom. The molecule has 148 valence electrons. The Morgan fingerprint density at radius 1 is 1.04 bits per heavy atom. The maximum absolute atomic E-state index is 12.7. The Morgan fingerprint density at radius 3 is 2.33 bits per heavy atom. The predicted molar refractivity (Wildman–Crippen MR) is 110 cm³/mol. The fourth-order valence-electron chi connectivity index (χ4n) is 3.85. The van der Waals surface area contributed by atoms with Gasteiger partial charge in [-0.15, -0.1) is 0 Å². The van der Waals surface area contributed by atoms with Crippen LogP contribution in [0.2, 0.25) is 0 Å². The van der Waals surface area contributed by atoms with Gasteiger partial charge in [-0.25, -0.2) is 4.99 Å². The molecule has 1 unspecified atom stereocenters. The molecule has 0 aliphatic carbocycles. The summed E-state index contributed by atoms with van der Waals surface area (Å²) < 4.78 is 0. The van der Waals surface area contributed by atoms with Crippen molar-refractivity contribution in [2.24, 2.45) is 4.99 Å². The Hall–Kier alpha value is -2.08. The van der Waals surface area contributed by atoms with Crippen molar-refractivity contribution >= 4 is 11.9 Å². The van der Waals surface area contributed by atoms with Crippen molar-refractivity contribution in [2.45, 2.75) is 39.3 Å². The molecular weight excluding hydrogens is 338 g/mol. The molecule has 3 rings (SSSR count). The predicted octanol–water partition coefficient (Wildman–Crippen LogP) is 1.78. The molecule has 1 N–H and O–H groups in total. The summed E-state index contributed by atoms with van der Waals surface area (Å²) in [6.45, 7) is 11.2. The van der Waals surface area contributed by atoms with E-state index in [0.717, 1.165) is 64.6 Å². The van der Waals surface area contributed by atoms with E-state index in [1.54, 1.807) is 0 Å². The molecule has 0 bridgehead atoms. The largest absolute Gasteiger partial charge is 0.357 e. The van der Waals surface area contributed by atoms with Crippen molar-refractivity contribution in [2.75, 3.05) is 45.8 Å². The van der Waals surface area contributed by atoms with Gasteiger partial charge in [0.15, 0.2) is 5.96 Å². The molecule has 6 nitrogen and oxygen atoms in total. The summed E-state index contributed by atoms with van der Waals surface area (Å²) >= 11 is 0. The fraction of sp³-hybridized carbons (Fsp3) is 0.619. The van der Waals surface area contributed by atoms with Gasteiger partial charge in [-0.1, -0.05) is 30.3 Å². The maximum atomic E-state index is 12.7. The molecule has 2 heterocycles. The van der Waals surface area contributed by atoms with Crippen molar-refractivity contribution in [3.05, 3.63) is 35.9 Å². The van der Waals surface area contributed by atoms with Crippen molar-refractivity contribution < 1.29 is 4.79 Å². The van der Waals surface area contributed by atoms with E-state index in [-0.39, 0.29) is 6.04 Å². The van der Waals surface area contributed by atoms with Gasteiger partial charge in [-0.3, -0.25) is 9.69 Å². The Labute approximate surface area is 163 Å². The van der Waals surface area contributed by atoms with E-state index in [1.807, 2.05) is 11.0 Å². The van der Waals surface area contributed by atoms with Gasteiger partial charge in [0.2, 0.25) is 5.91 Å². The standard InChI is InChI=1S/C21H33N5O/c1-3-22-21(23-17-19-9-5-4-6-10-19)26-15-13-24(14-16-26)18(2)20(27)25-11-7-8-12-25/h4-6,9-10,18H,3,7-8,11-17H2,1-2H3,(H,22,23). The number of guanidine groups is 1. The maximum Gasteiger partial charge on any atom is 0.239 e. The zero-order valence-electron chi connectivity index (χ0n) is 16.7. The fourth-order valence-corrected chi connectivity index (χ4v) is 3.85. The first-order valence-electron chi connectivity index (χ1n) is 10.3. The van der Waals surface area contributed by atoms with Crippen LogP contribution in [0, 0.1) is 0 Å². The number of nitrogens with one attached hydrogen (secondary N) is 1. The van der Waals surface area contributed by atoms with Crippen LogP contribution in [0.1, 0.15) is 32.3 Å². The SMILES string of the molecule is CCNC(=NCc1ccccc1)N1CCN(C(C)C(=O)N2CCCC2)CC1. The molecule has 6 heteroatoms. The molecule has 0 aromatic heterocycles. The number of carbonyl (C=O) groups excluding carboxylic acids is 1. The van der Waals surface area contributed by atoms with Crippen LogP contribution in [0.4, 0.5) is 0 Å². The van der Waals surface area contributed by atoms with E-state index in [1.165, 1.54) is 5.56 Å². The first kappa shape index (κ1) is 19.7. The molecule has 1 aromatic rings. The van der Waals surface area contributed by atoms with Crippen LogP contribution in [-0.2, 0) is 11.3 Å². The van der Waals surface area contributed by atoms with Crippen molar-refractivity contribution in [3.8, 4) is 0 Å². The Kier molecular flexibility index (Phi) is 7.10. The number of likely N-dealkylation sites (tertiary alicyclic amines) is 1. The lowest BCUT2D eigenvalue weighted by molar-refractivity contribution is -0.135. The van der Waals surface area contributed by atoms with Crippen LogP contribution in [-0.4, -0.2) is 78.4 Å². The van der Waals surface area contributed by atoms with Gasteiger partial charge in [0.25, 0.3) is 0 Å². The lowest BCUT2D eigenvalue weighted by Gasteiger charge is -2.39. The highest BCUT2D eigenvalue weighted by Gasteiger charge is 2.30. The van der Waals surface area contributed by atoms with Crippen LogP contribution >= 0.6 is 0 Å². The molecular formula is C21H33N5O. The van der Waals surface area contributed by atoms with Gasteiger partial charge in [-0.2, -0.15) is 0 Å². The quantitative estimate of drug-likeness (QED) is 0.633. The molecule has 0 radical (unpaired) electrons. The zero-order valence-corrected chi connectivity index (χ0v) is 16.7. The molecule has 2 saturated heterocycles. The van der Waals surface area contributed by atoms with Crippen molar-refractivity contribution in [3.63, 3.8) is 0 Å². The normalized spacial score (nSPS) is 20.0. The second kappa shape index (κ2) is 9.74. The number of aliphatic imine (C=N–C) groups is 1. The summed E-state index contributed by atoms with van der Waals surface area (Å²) in [5, 5.41) is 3.42. The topological polar surface area (TPSA) is 51.2 Å². The number of benzene rings is 1. The number of amides is 1. The summed E-state index contributed by atoms with van der Waals surface area (Å²) in [7, 11) is 0. The number of hydrogen-bond acceptors (Lipinski definition) is 3. The minimum atomic E-state index is -0.0194. The molecule has 1 aromatic carbocycles. The second-order valence-corrected chi connectivity index (χ2v) is 7.39. The average Bonchev–Trinajstić information content (AvgIpc) is 3.26. The summed E-state index contributed by atoms with van der Waals surface area (Å²) in [4.78, 5) is 24.1. The number of hydrogen-bond donors (Lipinski definition) is 1. The first-order chi connectivity index (χ1) is 13.2. The highest BCUT2D eigenvalue weighted by Crippen LogP contribution is 2.14. The molecule has 2 fully saturated rings. The Bertz CT molecular complexity index is 619. The van der Waals surface area contributed by atoms with E-state index in [0.29, 0.717) is 12.5 Å². The summed E-state index contributed by atoms with van der Waals surface area (Å²) in [5.74, 6) is 1.27. The monoisotopic (exact) mass is 371 g/mol. The highest BCUT2D eigenvalue weighted by atomic mass is 16.2. The third kappa shape index (κ3) is 5.22. The molecule has 0 saturated carbocycles. The van der Waals surface area contributed by atoms with Gasteiger partial charge in [0.05, 0.1) is 12.6 Å². The molecule has 27 heavy (non-hydrogen) atoms. The minimum Gasteiger partial charge on any atom is -0.357 e. The number of carbonyl (C=O) groups is 1. The van der Waals surface area contributed by atoms with E-state index >= 15 is 0 Å². The zero-order chi connectivity index (χ0) is 19.1. The van der Waals surface area contributed by atoms with Gasteiger partial charge in [0, 0.05) is 45.8 Å². The van der Waals surface area contributed by atoms with E-state index in [2.05, 4.69) is 53.2 Å². The molecule has 0 spiro atoms. The van der Waals surface area contributed by atoms with Crippen LogP contribution in [0.5, 0.6) is 0 Å². The summed E-state index contributed by atoms with van der Waals surface area (Å²) in [5.41, 5.74) is 1.22. The van der Waals surface area contributed by atoms with Crippen LogP contribution in [0.3, 0.4) is 0 Å². The number of nitrogens with zero attached hydrogens (tertiary/aromatic N) is 4. The smallest absolute Gasteiger partial charge is 0.239 e. The highest BCUT2D eigenvalue weighted by molar-refractivity contribution is 5.82. The number of rotatable bonds is 5. The molecule has 2 aliphatic rings. The lowest BCUT2D eigenvalue weighted by atomic mass is 10.2. The third-order valence-electron chi connectivity index (χ3n) is 5.53. The third-order valence-corrected chi connectivity index (χ3v) is 5.53. The van der Waals surface area contributed by atoms with Crippen LogP contribution < -0.4 is 5.32 Å². The lowest BCUT2D eigenvalue weighted by Crippen LogP contribution is -2.57. The van der Waals surface area contributed by atoms with Gasteiger partial charge in [0.1, 0.15) is 0 Å². The molecule has 2 aliphatic heterocycles. The number of piperazine rings is 1. The molecule has 1 amide bonds. The minimum absolute atomic E-state index is 0.0194. The summed E-state index contributed by atoms with van der Waals surface area (Å²) in [6.07, 6.45) is 2.30. The van der Waals surface area contributed by atoms with E-state index in [4.69, 9.17) is 4.99 Å². The Balaban J connectivity index is 1.54. The van der Waals surface area contributed by atoms with E-state index in [9.17, 15) is 4.79 Å². The second-order valence-electron chi connectivity index (χ2n) is 7.39. The van der Waals surface area contributed by atoms with Gasteiger partial charge >= 0.3 is 0 Å². The van der Waals surface area contributed by atoms with Crippen molar-refractivity contribution in [1.82, 2.24) is 20.0 Å². The van der Waals surface area contributed by atoms with Gasteiger partial charge < -0.3 is 15.1 Å². The first-order valence-corrected chi connectivity index (χ1v) is 10.3. The van der Waals surface area contributed by atoms with Crippen LogP contribution in [0.25, 0.3) is 0 Å². The summed E-state index contributed by atoms with van der Waals surface area (Å²) in [6, 6.07) is 10.3. The van der Waals surface area contributed by atoms with Crippen molar-refractivity contribution in [1.29, 1.82) is 0 Å². The molecule has 1 atom stereocenters. The average molecular weight is 372 g/mol. The van der Waals surface area contributed by atoms with E-state index < -0.39 is 0 Å². The van der Waals surface area contributed by atoms with Gasteiger partial charge in [-0.05, 0) is 32.3 Å².